The minimum atomic E-state index is -0.610. The molecule has 1 aliphatic rings. The van der Waals surface area contributed by atoms with Gasteiger partial charge in [0.15, 0.2) is 17.8 Å². The molecule has 5 aromatic carbocycles. The van der Waals surface area contributed by atoms with Crippen molar-refractivity contribution < 1.29 is 38.0 Å². The number of fused-ring (bicyclic) bond motifs is 2. The van der Waals surface area contributed by atoms with Gasteiger partial charge in [-0.2, -0.15) is 5.10 Å². The Morgan fingerprint density at radius 2 is 1.62 bits per heavy atom. The Morgan fingerprint density at radius 3 is 2.41 bits per heavy atom. The second-order valence-electron chi connectivity index (χ2n) is 13.8. The monoisotopic (exact) mass is 773 g/mol. The molecule has 1 atom stereocenters. The molecular formula is C44H43N3O8S. The Balaban J connectivity index is 1.01. The number of esters is 2. The Bertz CT molecular complexity index is 2340. The Kier molecular flexibility index (Phi) is 12.2. The van der Waals surface area contributed by atoms with Crippen LogP contribution in [0.5, 0.6) is 23.0 Å². The summed E-state index contributed by atoms with van der Waals surface area (Å²) in [6.45, 7) is 8.75. The second kappa shape index (κ2) is 17.8. The van der Waals surface area contributed by atoms with Crippen LogP contribution in [0.25, 0.3) is 21.0 Å². The first-order valence-electron chi connectivity index (χ1n) is 18.5. The first-order chi connectivity index (χ1) is 27.2. The third kappa shape index (κ3) is 9.88. The Labute approximate surface area is 329 Å². The van der Waals surface area contributed by atoms with Gasteiger partial charge in [-0.05, 0) is 96.8 Å². The zero-order valence-corrected chi connectivity index (χ0v) is 32.5. The van der Waals surface area contributed by atoms with Crippen LogP contribution in [-0.2, 0) is 9.47 Å². The number of aryl methyl sites for hydroxylation is 1. The number of anilines is 1. The van der Waals surface area contributed by atoms with Crippen LogP contribution in [0, 0.1) is 12.8 Å². The van der Waals surface area contributed by atoms with Crippen molar-refractivity contribution >= 4 is 55.6 Å². The molecule has 56 heavy (non-hydrogen) atoms. The highest BCUT2D eigenvalue weighted by Crippen LogP contribution is 2.32. The fourth-order valence-electron chi connectivity index (χ4n) is 5.78. The lowest BCUT2D eigenvalue weighted by molar-refractivity contribution is 0.0434. The van der Waals surface area contributed by atoms with Gasteiger partial charge in [-0.1, -0.05) is 61.1 Å². The van der Waals surface area contributed by atoms with Crippen LogP contribution in [0.4, 0.5) is 5.13 Å². The number of nitrogens with zero attached hydrogens (tertiary/aromatic N) is 3. The number of epoxide rings is 1. The predicted octanol–water partition coefficient (Wildman–Crippen LogP) is 9.23. The van der Waals surface area contributed by atoms with Crippen LogP contribution >= 0.6 is 11.3 Å². The molecule has 288 valence electrons. The minimum Gasteiger partial charge on any atom is -0.493 e. The average molecular weight is 774 g/mol. The van der Waals surface area contributed by atoms with Gasteiger partial charge >= 0.3 is 11.9 Å². The standard InChI is InChI=1S/C44H43N3O8S/c1-28(2)18-19-47(44-46-36-8-5-6-9-40(36)56-44)45-26-34-22-29(3)10-16-37(34)54-43(49)33-14-17-38(39(25-33)50-4)55-42(48)32-12-11-31-24-35(15-13-30(31)23-32)51-20-7-21-52-41-27-53-41/h5-6,8-17,22-26,28,41H,7,18-21,27H2,1-4H3/b45-26+. The van der Waals surface area contributed by atoms with Gasteiger partial charge in [0, 0.05) is 18.5 Å². The van der Waals surface area contributed by atoms with Crippen LogP contribution in [0.1, 0.15) is 58.5 Å². The summed E-state index contributed by atoms with van der Waals surface area (Å²) in [6, 6.07) is 29.1. The van der Waals surface area contributed by atoms with Gasteiger partial charge in [0.25, 0.3) is 0 Å². The van der Waals surface area contributed by atoms with Crippen LogP contribution in [0.3, 0.4) is 0 Å². The van der Waals surface area contributed by atoms with Gasteiger partial charge in [-0.25, -0.2) is 19.6 Å². The number of methoxy groups -OCH3 is 1. The van der Waals surface area contributed by atoms with E-state index in [-0.39, 0.29) is 23.4 Å². The van der Waals surface area contributed by atoms with Gasteiger partial charge in [0.05, 0.1) is 47.9 Å². The Morgan fingerprint density at radius 1 is 0.893 bits per heavy atom. The molecule has 0 bridgehead atoms. The summed E-state index contributed by atoms with van der Waals surface area (Å²) in [7, 11) is 1.44. The van der Waals surface area contributed by atoms with Crippen molar-refractivity contribution in [3.05, 3.63) is 119 Å². The van der Waals surface area contributed by atoms with Crippen LogP contribution in [0.15, 0.2) is 102 Å². The molecule has 0 N–H and O–H groups in total. The molecule has 7 rings (SSSR count). The van der Waals surface area contributed by atoms with Crippen molar-refractivity contribution in [2.24, 2.45) is 11.0 Å². The van der Waals surface area contributed by atoms with E-state index in [2.05, 4.69) is 13.8 Å². The van der Waals surface area contributed by atoms with E-state index in [4.69, 9.17) is 38.5 Å². The zero-order valence-electron chi connectivity index (χ0n) is 31.7. The van der Waals surface area contributed by atoms with Crippen LogP contribution < -0.4 is 24.0 Å². The van der Waals surface area contributed by atoms with Crippen LogP contribution in [0.2, 0.25) is 0 Å². The van der Waals surface area contributed by atoms with Crippen molar-refractivity contribution in [1.82, 2.24) is 4.98 Å². The maximum atomic E-state index is 13.5. The highest BCUT2D eigenvalue weighted by Gasteiger charge is 2.22. The van der Waals surface area contributed by atoms with Gasteiger partial charge in [-0.15, -0.1) is 0 Å². The van der Waals surface area contributed by atoms with E-state index < -0.39 is 11.9 Å². The maximum Gasteiger partial charge on any atom is 0.343 e. The number of benzene rings is 5. The van der Waals surface area contributed by atoms with Crippen molar-refractivity contribution in [3.8, 4) is 23.0 Å². The zero-order chi connectivity index (χ0) is 39.0. The number of carbonyl (C=O) groups excluding carboxylic acids is 2. The molecule has 6 aromatic rings. The first-order valence-corrected chi connectivity index (χ1v) is 19.3. The van der Waals surface area contributed by atoms with Crippen molar-refractivity contribution in [1.29, 1.82) is 0 Å². The van der Waals surface area contributed by atoms with Gasteiger partial charge in [0.2, 0.25) is 5.13 Å². The lowest BCUT2D eigenvalue weighted by Crippen LogP contribution is -2.19. The first kappa shape index (κ1) is 38.5. The predicted molar refractivity (Wildman–Crippen MR) is 218 cm³/mol. The lowest BCUT2D eigenvalue weighted by atomic mass is 10.1. The number of rotatable bonds is 17. The molecule has 2 heterocycles. The summed E-state index contributed by atoms with van der Waals surface area (Å²) in [4.78, 5) is 31.6. The number of hydrogen-bond acceptors (Lipinski definition) is 12. The van der Waals surface area contributed by atoms with E-state index in [0.29, 0.717) is 49.2 Å². The second-order valence-corrected chi connectivity index (χ2v) is 14.8. The molecule has 1 aromatic heterocycles. The Hall–Kier alpha value is -5.82. The number of hydrazone groups is 1. The molecule has 0 saturated carbocycles. The number of aromatic nitrogens is 1. The van der Waals surface area contributed by atoms with Crippen LogP contribution in [-0.4, -0.2) is 62.9 Å². The number of hydrogen-bond donors (Lipinski definition) is 0. The normalized spacial score (nSPS) is 13.7. The van der Waals surface area contributed by atoms with Crippen molar-refractivity contribution in [3.63, 3.8) is 0 Å². The molecule has 11 nitrogen and oxygen atoms in total. The third-order valence-electron chi connectivity index (χ3n) is 8.94. The van der Waals surface area contributed by atoms with Gasteiger partial charge in [0.1, 0.15) is 18.1 Å². The molecule has 1 saturated heterocycles. The number of thiazole rings is 1. The maximum absolute atomic E-state index is 13.5. The summed E-state index contributed by atoms with van der Waals surface area (Å²) in [5, 5.41) is 9.30. The SMILES string of the molecule is COc1cc(C(=O)Oc2ccc(C)cc2/C=N/N(CCC(C)C)c2nc3ccccc3s2)ccc1OC(=O)c1ccc2cc(OCCCOC3CO3)ccc2c1. The molecular weight excluding hydrogens is 731 g/mol. The summed E-state index contributed by atoms with van der Waals surface area (Å²) in [5.74, 6) is 0.731. The highest BCUT2D eigenvalue weighted by molar-refractivity contribution is 7.22. The topological polar surface area (TPSA) is 121 Å². The molecule has 0 radical (unpaired) electrons. The lowest BCUT2D eigenvalue weighted by Gasteiger charge is -2.17. The fourth-order valence-corrected chi connectivity index (χ4v) is 6.73. The molecule has 0 spiro atoms. The summed E-state index contributed by atoms with van der Waals surface area (Å²) >= 11 is 1.58. The quantitative estimate of drug-likeness (QED) is 0.0222. The molecule has 12 heteroatoms. The average Bonchev–Trinajstić information content (AvgIpc) is 3.93. The van der Waals surface area contributed by atoms with E-state index in [0.717, 1.165) is 50.3 Å². The number of para-hydroxylation sites is 1. The summed E-state index contributed by atoms with van der Waals surface area (Å²) in [6.07, 6.45) is 3.32. The van der Waals surface area contributed by atoms with Crippen molar-refractivity contribution in [2.75, 3.05) is 38.5 Å². The van der Waals surface area contributed by atoms with E-state index in [1.54, 1.807) is 35.8 Å². The smallest absolute Gasteiger partial charge is 0.343 e. The van der Waals surface area contributed by atoms with Gasteiger partial charge in [-0.3, -0.25) is 0 Å². The summed E-state index contributed by atoms with van der Waals surface area (Å²) < 4.78 is 34.6. The van der Waals surface area contributed by atoms with E-state index in [1.165, 1.54) is 25.3 Å². The molecule has 0 aliphatic carbocycles. The largest absolute Gasteiger partial charge is 0.493 e. The summed E-state index contributed by atoms with van der Waals surface area (Å²) in [5.41, 5.74) is 3.11. The van der Waals surface area contributed by atoms with E-state index in [1.807, 2.05) is 72.6 Å². The third-order valence-corrected chi connectivity index (χ3v) is 9.99. The minimum absolute atomic E-state index is 0.0555. The molecule has 1 aliphatic heterocycles. The van der Waals surface area contributed by atoms with Crippen molar-refractivity contribution in [2.45, 2.75) is 39.9 Å². The molecule has 1 unspecified atom stereocenters. The highest BCUT2D eigenvalue weighted by atomic mass is 32.1. The molecule has 0 amide bonds. The number of ether oxygens (including phenoxy) is 6. The van der Waals surface area contributed by atoms with Gasteiger partial charge < -0.3 is 28.4 Å². The molecule has 1 fully saturated rings. The van der Waals surface area contributed by atoms with E-state index >= 15 is 0 Å². The number of carbonyl (C=O) groups is 2. The fraction of sp³-hybridized carbons (Fsp3) is 0.273. The van der Waals surface area contributed by atoms with E-state index in [9.17, 15) is 9.59 Å².